The van der Waals surface area contributed by atoms with Crippen LogP contribution in [0, 0.1) is 5.41 Å². The maximum Gasteiger partial charge on any atom is 0.220 e. The van der Waals surface area contributed by atoms with Crippen molar-refractivity contribution >= 4 is 16.0 Å². The molecular formula is C17H31N5O3S. The fourth-order valence-electron chi connectivity index (χ4n) is 2.69. The van der Waals surface area contributed by atoms with E-state index >= 15 is 0 Å². The van der Waals surface area contributed by atoms with Crippen molar-refractivity contribution in [3.8, 4) is 0 Å². The maximum atomic E-state index is 12.5. The molecule has 1 aliphatic rings. The molecule has 1 aliphatic heterocycles. The van der Waals surface area contributed by atoms with Gasteiger partial charge >= 0.3 is 0 Å². The van der Waals surface area contributed by atoms with Crippen LogP contribution < -0.4 is 5.32 Å². The first-order chi connectivity index (χ1) is 12.2. The van der Waals surface area contributed by atoms with E-state index in [-0.39, 0.29) is 11.2 Å². The Kier molecular flexibility index (Phi) is 7.05. The normalized spacial score (nSPS) is 17.5. The molecule has 0 saturated carbocycles. The summed E-state index contributed by atoms with van der Waals surface area (Å²) >= 11 is 0. The zero-order valence-corrected chi connectivity index (χ0v) is 17.0. The first kappa shape index (κ1) is 20.7. The van der Waals surface area contributed by atoms with E-state index in [9.17, 15) is 8.42 Å². The van der Waals surface area contributed by atoms with Gasteiger partial charge in [-0.2, -0.15) is 4.31 Å². The summed E-state index contributed by atoms with van der Waals surface area (Å²) in [6.07, 6.45) is 2.40. The van der Waals surface area contributed by atoms with E-state index in [0.717, 1.165) is 25.5 Å². The summed E-state index contributed by atoms with van der Waals surface area (Å²) in [5, 5.41) is 7.01. The Balaban J connectivity index is 1.93. The number of aromatic nitrogens is 1. The Morgan fingerprint density at radius 2 is 2.00 bits per heavy atom. The van der Waals surface area contributed by atoms with Crippen LogP contribution >= 0.6 is 0 Å². The van der Waals surface area contributed by atoms with Gasteiger partial charge < -0.3 is 14.7 Å². The van der Waals surface area contributed by atoms with E-state index in [1.807, 2.05) is 6.92 Å². The Labute approximate surface area is 156 Å². The first-order valence-corrected chi connectivity index (χ1v) is 10.7. The monoisotopic (exact) mass is 385 g/mol. The molecule has 1 aromatic heterocycles. The summed E-state index contributed by atoms with van der Waals surface area (Å²) in [5.74, 6) is 0.744. The van der Waals surface area contributed by atoms with E-state index in [0.29, 0.717) is 31.9 Å². The Morgan fingerprint density at radius 1 is 1.31 bits per heavy atom. The average molecular weight is 386 g/mol. The van der Waals surface area contributed by atoms with Gasteiger partial charge in [-0.1, -0.05) is 25.9 Å². The molecule has 0 aliphatic carbocycles. The number of hydrogen-bond donors (Lipinski definition) is 1. The molecule has 0 atom stereocenters. The third-order valence-corrected chi connectivity index (χ3v) is 6.02. The lowest BCUT2D eigenvalue weighted by Gasteiger charge is -2.35. The molecule has 9 heteroatoms. The van der Waals surface area contributed by atoms with Gasteiger partial charge in [-0.25, -0.2) is 8.42 Å². The highest BCUT2D eigenvalue weighted by Gasteiger charge is 2.29. The van der Waals surface area contributed by atoms with E-state index in [4.69, 9.17) is 9.52 Å². The average Bonchev–Trinajstić information content (AvgIpc) is 3.05. The number of aliphatic imine (C=N–C) groups is 1. The molecule has 0 unspecified atom stereocenters. The minimum absolute atomic E-state index is 0.122. The van der Waals surface area contributed by atoms with Crippen molar-refractivity contribution in [3.05, 3.63) is 18.0 Å². The molecule has 0 amide bonds. The molecule has 1 aromatic rings. The summed E-state index contributed by atoms with van der Waals surface area (Å²) in [7, 11) is -3.38. The molecule has 1 N–H and O–H groups in total. The second kappa shape index (κ2) is 8.85. The zero-order chi connectivity index (χ0) is 19.2. The molecule has 26 heavy (non-hydrogen) atoms. The third kappa shape index (κ3) is 6.28. The van der Waals surface area contributed by atoms with Crippen LogP contribution in [0.4, 0.5) is 0 Å². The summed E-state index contributed by atoms with van der Waals surface area (Å²) in [6.45, 7) is 12.3. The van der Waals surface area contributed by atoms with E-state index < -0.39 is 10.0 Å². The third-order valence-electron chi connectivity index (χ3n) is 4.21. The Bertz CT molecular complexity index is 672. The van der Waals surface area contributed by atoms with Crippen LogP contribution in [0.15, 0.2) is 21.8 Å². The smallest absolute Gasteiger partial charge is 0.220 e. The summed E-state index contributed by atoms with van der Waals surface area (Å²) in [4.78, 5) is 6.84. The van der Waals surface area contributed by atoms with Crippen LogP contribution in [0.5, 0.6) is 0 Å². The number of rotatable bonds is 6. The largest absolute Gasteiger partial charge is 0.364 e. The lowest BCUT2D eigenvalue weighted by atomic mass is 9.92. The van der Waals surface area contributed by atoms with Gasteiger partial charge in [0.15, 0.2) is 5.96 Å². The van der Waals surface area contributed by atoms with Crippen LogP contribution in [-0.4, -0.2) is 68.0 Å². The molecule has 148 valence electrons. The number of piperazine rings is 1. The van der Waals surface area contributed by atoms with Crippen LogP contribution in [-0.2, 0) is 15.8 Å². The highest BCUT2D eigenvalue weighted by atomic mass is 32.2. The quantitative estimate of drug-likeness (QED) is 0.590. The molecule has 0 spiro atoms. The highest BCUT2D eigenvalue weighted by Crippen LogP contribution is 2.18. The number of sulfonamides is 1. The minimum Gasteiger partial charge on any atom is -0.364 e. The van der Waals surface area contributed by atoms with Crippen molar-refractivity contribution in [1.82, 2.24) is 19.7 Å². The fraction of sp³-hybridized carbons (Fsp3) is 0.765. The van der Waals surface area contributed by atoms with Crippen molar-refractivity contribution in [2.45, 2.75) is 39.9 Å². The van der Waals surface area contributed by atoms with Crippen molar-refractivity contribution in [3.63, 3.8) is 0 Å². The van der Waals surface area contributed by atoms with Gasteiger partial charge in [-0.3, -0.25) is 4.99 Å². The summed E-state index contributed by atoms with van der Waals surface area (Å²) < 4.78 is 31.3. The van der Waals surface area contributed by atoms with Gasteiger partial charge in [-0.15, -0.1) is 0 Å². The lowest BCUT2D eigenvalue weighted by molar-refractivity contribution is 0.259. The van der Waals surface area contributed by atoms with Gasteiger partial charge in [-0.05, 0) is 18.8 Å². The van der Waals surface area contributed by atoms with Crippen molar-refractivity contribution in [1.29, 1.82) is 0 Å². The molecule has 0 bridgehead atoms. The topological polar surface area (TPSA) is 91.0 Å². The number of nitrogens with zero attached hydrogens (tertiary/aromatic N) is 4. The van der Waals surface area contributed by atoms with Gasteiger partial charge in [0.2, 0.25) is 10.0 Å². The van der Waals surface area contributed by atoms with Gasteiger partial charge in [0.1, 0.15) is 12.0 Å². The molecule has 2 heterocycles. The second-order valence-corrected chi connectivity index (χ2v) is 9.65. The molecule has 2 rings (SSSR count). The molecule has 0 radical (unpaired) electrons. The molecular weight excluding hydrogens is 354 g/mol. The second-order valence-electron chi connectivity index (χ2n) is 7.68. The van der Waals surface area contributed by atoms with Crippen molar-refractivity contribution in [2.24, 2.45) is 10.4 Å². The first-order valence-electron chi connectivity index (χ1n) is 9.11. The fourth-order valence-corrected chi connectivity index (χ4v) is 4.12. The van der Waals surface area contributed by atoms with Gasteiger partial charge in [0.05, 0.1) is 5.69 Å². The van der Waals surface area contributed by atoms with E-state index in [1.165, 1.54) is 10.6 Å². The number of guanidine groups is 1. The SMILES string of the molecule is CCNC(=NCCC(C)(C)C)N1CCN(S(=O)(=O)Cc2ccon2)CC1. The number of hydrogen-bond acceptors (Lipinski definition) is 5. The standard InChI is InChI=1S/C17H31N5O3S/c1-5-18-16(19-8-7-17(2,3)4)21-9-11-22(12-10-21)26(23,24)14-15-6-13-25-20-15/h6,13H,5,7-12,14H2,1-4H3,(H,18,19). The maximum absolute atomic E-state index is 12.5. The van der Waals surface area contributed by atoms with Crippen molar-refractivity contribution in [2.75, 3.05) is 39.3 Å². The van der Waals surface area contributed by atoms with Gasteiger partial charge in [0.25, 0.3) is 0 Å². The van der Waals surface area contributed by atoms with E-state index in [1.54, 1.807) is 6.07 Å². The minimum atomic E-state index is -3.38. The van der Waals surface area contributed by atoms with Crippen LogP contribution in [0.1, 0.15) is 39.8 Å². The van der Waals surface area contributed by atoms with Crippen LogP contribution in [0.3, 0.4) is 0 Å². The van der Waals surface area contributed by atoms with E-state index in [2.05, 4.69) is 36.1 Å². The predicted octanol–water partition coefficient (Wildman–Crippen LogP) is 1.52. The molecule has 8 nitrogen and oxygen atoms in total. The van der Waals surface area contributed by atoms with Crippen LogP contribution in [0.25, 0.3) is 0 Å². The van der Waals surface area contributed by atoms with Crippen LogP contribution in [0.2, 0.25) is 0 Å². The molecule has 1 saturated heterocycles. The predicted molar refractivity (Wildman–Crippen MR) is 102 cm³/mol. The Morgan fingerprint density at radius 3 is 2.54 bits per heavy atom. The summed E-state index contributed by atoms with van der Waals surface area (Å²) in [6, 6.07) is 1.58. The Hall–Kier alpha value is -1.61. The summed E-state index contributed by atoms with van der Waals surface area (Å²) in [5.41, 5.74) is 0.679. The lowest BCUT2D eigenvalue weighted by Crippen LogP contribution is -2.54. The zero-order valence-electron chi connectivity index (χ0n) is 16.2. The highest BCUT2D eigenvalue weighted by molar-refractivity contribution is 7.88. The molecule has 1 fully saturated rings. The van der Waals surface area contributed by atoms with Crippen molar-refractivity contribution < 1.29 is 12.9 Å². The molecule has 0 aromatic carbocycles. The van der Waals surface area contributed by atoms with Gasteiger partial charge in [0, 0.05) is 45.3 Å². The number of nitrogens with one attached hydrogen (secondary N) is 1.